The average molecular weight is 784 g/mol. The number of aliphatic hydroxyl groups is 1. The van der Waals surface area contributed by atoms with Gasteiger partial charge in [0.25, 0.3) is 0 Å². The van der Waals surface area contributed by atoms with E-state index in [0.717, 1.165) is 47.2 Å². The van der Waals surface area contributed by atoms with E-state index in [1.54, 1.807) is 6.08 Å². The second kappa shape index (κ2) is 18.4. The molecule has 0 spiro atoms. The first-order valence-electron chi connectivity index (χ1n) is 20.0. The fourth-order valence-corrected chi connectivity index (χ4v) is 8.64. The van der Waals surface area contributed by atoms with Crippen molar-refractivity contribution < 1.29 is 29.0 Å². The Bertz CT molecular complexity index is 2370. The maximum absolute atomic E-state index is 14.3. The molecule has 10 nitrogen and oxygen atoms in total. The number of ether oxygens (including phenoxy) is 2. The number of nitrogens with zero attached hydrogens (tertiary/aromatic N) is 3. The van der Waals surface area contributed by atoms with Crippen LogP contribution in [0.2, 0.25) is 0 Å². The van der Waals surface area contributed by atoms with Crippen LogP contribution in [0.15, 0.2) is 23.9 Å². The molecule has 11 heteroatoms. The molecule has 5 atom stereocenters. The van der Waals surface area contributed by atoms with Gasteiger partial charge in [0.15, 0.2) is 5.78 Å². The minimum atomic E-state index is -1.19. The summed E-state index contributed by atoms with van der Waals surface area (Å²) < 4.78 is 10.9. The zero-order chi connectivity index (χ0) is 40.4. The molecule has 1 unspecified atom stereocenters. The van der Waals surface area contributed by atoms with E-state index in [1.165, 1.54) is 25.5 Å². The molecule has 1 fully saturated rings. The van der Waals surface area contributed by atoms with E-state index in [2.05, 4.69) is 39.6 Å². The summed E-state index contributed by atoms with van der Waals surface area (Å²) in [6.45, 7) is 18.8. The molecule has 3 aliphatic rings. The molecule has 1 saturated heterocycles. The smallest absolute Gasteiger partial charge is 0.657 e. The standard InChI is InChI=1S/C46H55N4O6.Mg/c1-10-24(4)14-13-15-25(5)18-19-56-39(52)17-16-31-27(7)34-20-33-26(6)29(11-2)36(47-33)22-38-32(23-51)30(12-3)37(48-38)21-35-28(8)40-44(50-35)41(43(31)49-34)42(45(40)53)46(54)55-9;/h11,18,20-24,27,31,42-43,49H,2,10,12-17,19H2,1,3-9H3,(H,51,53);/q-3;+2/b25-18+,34-20-,38-22-;/t24-,27+,31+,42-,43?;/m1./s1. The van der Waals surface area contributed by atoms with Gasteiger partial charge in [-0.1, -0.05) is 93.7 Å². The van der Waals surface area contributed by atoms with E-state index >= 15 is 0 Å². The molecule has 298 valence electrons. The molecular formula is C46H55MgN4O6-. The van der Waals surface area contributed by atoms with Crippen LogP contribution in [-0.2, 0) is 25.5 Å². The number of carbonyl (C=O) groups excluding carboxylic acids is 3. The Morgan fingerprint density at radius 2 is 1.77 bits per heavy atom. The van der Waals surface area contributed by atoms with Gasteiger partial charge in [0.1, 0.15) is 12.5 Å². The van der Waals surface area contributed by atoms with Crippen LogP contribution in [0.25, 0.3) is 36.1 Å². The van der Waals surface area contributed by atoms with Crippen molar-refractivity contribution in [2.24, 2.45) is 23.7 Å². The number of esters is 2. The van der Waals surface area contributed by atoms with E-state index in [-0.39, 0.29) is 59.7 Å². The number of rotatable bonds is 13. The molecule has 3 aromatic heterocycles. The molecule has 57 heavy (non-hydrogen) atoms. The number of carbonyl (C=O) groups is 3. The monoisotopic (exact) mass is 783 g/mol. The summed E-state index contributed by atoms with van der Waals surface area (Å²) in [6, 6.07) is -0.522. The third kappa shape index (κ3) is 8.41. The summed E-state index contributed by atoms with van der Waals surface area (Å²) in [6.07, 6.45) is 16.2. The summed E-state index contributed by atoms with van der Waals surface area (Å²) in [5.41, 5.74) is 8.26. The van der Waals surface area contributed by atoms with Gasteiger partial charge in [0.2, 0.25) is 0 Å². The summed E-state index contributed by atoms with van der Waals surface area (Å²) in [4.78, 5) is 56.1. The van der Waals surface area contributed by atoms with Gasteiger partial charge in [-0.2, -0.15) is 0 Å². The molecule has 0 saturated carbocycles. The van der Waals surface area contributed by atoms with E-state index < -0.39 is 17.9 Å². The van der Waals surface area contributed by atoms with Crippen LogP contribution in [0.1, 0.15) is 123 Å². The van der Waals surface area contributed by atoms with Crippen LogP contribution in [0.4, 0.5) is 0 Å². The first-order valence-corrected chi connectivity index (χ1v) is 20.0. The fourth-order valence-electron chi connectivity index (χ4n) is 8.64. The van der Waals surface area contributed by atoms with Crippen molar-refractivity contribution in [3.8, 4) is 0 Å². The van der Waals surface area contributed by atoms with Crippen molar-refractivity contribution in [2.45, 2.75) is 99.5 Å². The Morgan fingerprint density at radius 3 is 2.44 bits per heavy atom. The molecule has 8 bridgehead atoms. The van der Waals surface area contributed by atoms with Gasteiger partial charge in [0, 0.05) is 23.6 Å². The third-order valence-electron chi connectivity index (χ3n) is 12.3. The zero-order valence-electron chi connectivity index (χ0n) is 34.8. The normalized spacial score (nSPS) is 22.7. The number of methoxy groups -OCH3 is 1. The van der Waals surface area contributed by atoms with E-state index in [0.29, 0.717) is 68.1 Å². The van der Waals surface area contributed by atoms with Crippen LogP contribution in [0.3, 0.4) is 0 Å². The Hall–Kier alpha value is -4.48. The molecular weight excluding hydrogens is 729 g/mol. The minimum absolute atomic E-state index is 0. The molecule has 0 aromatic carbocycles. The summed E-state index contributed by atoms with van der Waals surface area (Å²) >= 11 is 0. The van der Waals surface area contributed by atoms with Crippen LogP contribution in [0.5, 0.6) is 0 Å². The van der Waals surface area contributed by atoms with Crippen LogP contribution in [-0.4, -0.2) is 65.6 Å². The predicted molar refractivity (Wildman–Crippen MR) is 225 cm³/mol. The first-order chi connectivity index (χ1) is 26.9. The zero-order valence-corrected chi connectivity index (χ0v) is 36.2. The quantitative estimate of drug-likeness (QED) is 0.112. The van der Waals surface area contributed by atoms with E-state index in [1.807, 2.05) is 45.1 Å². The number of ketones is 1. The van der Waals surface area contributed by atoms with Gasteiger partial charge >= 0.3 is 35.0 Å². The molecule has 1 aliphatic carbocycles. The second-order valence-corrected chi connectivity index (χ2v) is 15.6. The van der Waals surface area contributed by atoms with Crippen molar-refractivity contribution in [1.82, 2.24) is 20.3 Å². The number of Topliss-reactive ketones (excluding diaryl/α,β-unsaturated/α-hetero) is 1. The number of aromatic nitrogens is 3. The molecule has 0 radical (unpaired) electrons. The number of fused-ring (bicyclic) bond motifs is 8. The SMILES string of the molecule is C=Cc1c2[n-]c(c1C)/C=C1\NC(C3=c4[n-]/c(c(C)c4C(=O)[C@@H]3C(=O)OC)=C\c3[n-]c(/c(=C\O)c3CC)=C\2)[C@@H](CCC(=O)OC/C=C(\C)CCC[C@H](C)CC)[C@@H]1C.[Mg+2]. The van der Waals surface area contributed by atoms with Gasteiger partial charge in [-0.15, -0.1) is 33.1 Å². The number of hydrogen-bond acceptors (Lipinski definition) is 7. The number of nitrogens with one attached hydrogen (secondary N) is 1. The van der Waals surface area contributed by atoms with Crippen molar-refractivity contribution in [3.63, 3.8) is 0 Å². The maximum atomic E-state index is 14.3. The van der Waals surface area contributed by atoms with Gasteiger partial charge in [-0.25, -0.2) is 0 Å². The largest absolute Gasteiger partial charge is 2.00 e. The average Bonchev–Trinajstić information content (AvgIpc) is 3.93. The molecule has 2 N–H and O–H groups in total. The maximum Gasteiger partial charge on any atom is 2.00 e. The van der Waals surface area contributed by atoms with Gasteiger partial charge in [-0.05, 0) is 80.7 Å². The Balaban J connectivity index is 0.00000620. The summed E-state index contributed by atoms with van der Waals surface area (Å²) in [5.74, 6) is -2.12. The Labute approximate surface area is 351 Å². The second-order valence-electron chi connectivity index (χ2n) is 15.6. The van der Waals surface area contributed by atoms with Crippen molar-refractivity contribution >= 4 is 76.9 Å². The molecule has 5 heterocycles. The molecule has 2 aliphatic heterocycles. The Kier molecular flexibility index (Phi) is 14.1. The van der Waals surface area contributed by atoms with E-state index in [4.69, 9.17) is 24.4 Å². The minimum Gasteiger partial charge on any atom is -0.657 e. The van der Waals surface area contributed by atoms with Crippen LogP contribution < -0.4 is 41.5 Å². The number of allylic oxidation sites excluding steroid dienone is 2. The summed E-state index contributed by atoms with van der Waals surface area (Å²) in [7, 11) is 1.29. The predicted octanol–water partition coefficient (Wildman–Crippen LogP) is 4.15. The molecule has 0 amide bonds. The number of hydrogen-bond donors (Lipinski definition) is 2. The number of aliphatic hydroxyl groups excluding tert-OH is 1. The van der Waals surface area contributed by atoms with Gasteiger partial charge in [-0.3, -0.25) is 14.4 Å². The molecule has 6 rings (SSSR count). The van der Waals surface area contributed by atoms with E-state index in [9.17, 15) is 19.5 Å². The van der Waals surface area contributed by atoms with Crippen molar-refractivity contribution in [3.05, 3.63) is 90.1 Å². The first kappa shape index (κ1) is 43.6. The van der Waals surface area contributed by atoms with Crippen molar-refractivity contribution in [1.29, 1.82) is 0 Å². The Morgan fingerprint density at radius 1 is 1.04 bits per heavy atom. The molecule has 3 aromatic rings. The summed E-state index contributed by atoms with van der Waals surface area (Å²) in [5, 5.41) is 16.3. The van der Waals surface area contributed by atoms with Crippen molar-refractivity contribution in [2.75, 3.05) is 13.7 Å². The van der Waals surface area contributed by atoms with Gasteiger partial charge in [0.05, 0.1) is 19.4 Å². The van der Waals surface area contributed by atoms with Gasteiger partial charge < -0.3 is 34.8 Å². The van der Waals surface area contributed by atoms with Crippen LogP contribution >= 0.6 is 0 Å². The van der Waals surface area contributed by atoms with Crippen LogP contribution in [0, 0.1) is 37.5 Å². The topological polar surface area (TPSA) is 144 Å². The third-order valence-corrected chi connectivity index (χ3v) is 12.3. The fraction of sp³-hybridized carbons (Fsp3) is 0.457.